The van der Waals surface area contributed by atoms with Gasteiger partial charge in [-0.05, 0) is 24.7 Å². The highest BCUT2D eigenvalue weighted by Crippen LogP contribution is 2.22. The van der Waals surface area contributed by atoms with Gasteiger partial charge in [0.15, 0.2) is 0 Å². The van der Waals surface area contributed by atoms with Gasteiger partial charge < -0.3 is 5.11 Å². The van der Waals surface area contributed by atoms with Crippen molar-refractivity contribution in [2.24, 2.45) is 11.8 Å². The molecule has 0 spiro atoms. The van der Waals surface area contributed by atoms with Crippen LogP contribution in [0.4, 0.5) is 0 Å². The van der Waals surface area contributed by atoms with Crippen molar-refractivity contribution in [3.63, 3.8) is 0 Å². The number of aliphatic hydroxyl groups is 1. The van der Waals surface area contributed by atoms with Crippen molar-refractivity contribution < 1.29 is 13.5 Å². The van der Waals surface area contributed by atoms with E-state index in [2.05, 4.69) is 18.6 Å². The van der Waals surface area contributed by atoms with E-state index in [1.165, 1.54) is 4.31 Å². The van der Waals surface area contributed by atoms with Crippen LogP contribution in [0.5, 0.6) is 0 Å². The Labute approximate surface area is 104 Å². The van der Waals surface area contributed by atoms with E-state index in [4.69, 9.17) is 5.11 Å². The zero-order chi connectivity index (χ0) is 13.1. The van der Waals surface area contributed by atoms with Crippen LogP contribution in [0.15, 0.2) is 0 Å². The third-order valence-electron chi connectivity index (χ3n) is 3.20. The summed E-state index contributed by atoms with van der Waals surface area (Å²) in [6.07, 6.45) is 1.66. The van der Waals surface area contributed by atoms with Gasteiger partial charge in [-0.3, -0.25) is 0 Å². The molecule has 17 heavy (non-hydrogen) atoms. The number of hydrogen-bond donors (Lipinski definition) is 2. The minimum atomic E-state index is -3.45. The molecule has 1 saturated heterocycles. The summed E-state index contributed by atoms with van der Waals surface area (Å²) in [6, 6.07) is -0.382. The van der Waals surface area contributed by atoms with E-state index < -0.39 is 10.2 Å². The molecule has 0 aromatic heterocycles. The van der Waals surface area contributed by atoms with Crippen LogP contribution >= 0.6 is 0 Å². The van der Waals surface area contributed by atoms with E-state index in [-0.39, 0.29) is 12.6 Å². The highest BCUT2D eigenvalue weighted by atomic mass is 32.2. The lowest BCUT2D eigenvalue weighted by atomic mass is 9.94. The number of hydrogen-bond acceptors (Lipinski definition) is 3. The Kier molecular flexibility index (Phi) is 5.37. The molecule has 1 rings (SSSR count). The molecule has 0 aliphatic carbocycles. The Morgan fingerprint density at radius 2 is 1.88 bits per heavy atom. The topological polar surface area (TPSA) is 69.6 Å². The molecule has 6 heteroatoms. The fraction of sp³-hybridized carbons (Fsp3) is 1.00. The van der Waals surface area contributed by atoms with Gasteiger partial charge in [0.25, 0.3) is 10.2 Å². The number of nitrogens with one attached hydrogen (secondary N) is 1. The van der Waals surface area contributed by atoms with Gasteiger partial charge in [-0.25, -0.2) is 0 Å². The first kappa shape index (κ1) is 14.9. The van der Waals surface area contributed by atoms with Crippen LogP contribution in [0, 0.1) is 11.8 Å². The summed E-state index contributed by atoms with van der Waals surface area (Å²) in [6.45, 7) is 6.98. The molecule has 5 nitrogen and oxygen atoms in total. The third-order valence-corrected chi connectivity index (χ3v) is 4.81. The summed E-state index contributed by atoms with van der Waals surface area (Å²) in [5.74, 6) is 0.786. The first-order valence-electron chi connectivity index (χ1n) is 6.27. The lowest BCUT2D eigenvalue weighted by Crippen LogP contribution is -2.51. The number of piperidine rings is 1. The number of rotatable bonds is 5. The van der Waals surface area contributed by atoms with Gasteiger partial charge in [0.1, 0.15) is 0 Å². The van der Waals surface area contributed by atoms with Gasteiger partial charge in [-0.1, -0.05) is 20.8 Å². The molecule has 0 amide bonds. The van der Waals surface area contributed by atoms with Crippen LogP contribution in [-0.2, 0) is 10.2 Å². The van der Waals surface area contributed by atoms with E-state index in [9.17, 15) is 8.42 Å². The van der Waals surface area contributed by atoms with Crippen LogP contribution in [-0.4, -0.2) is 43.6 Å². The van der Waals surface area contributed by atoms with E-state index >= 15 is 0 Å². The normalized spacial score (nSPS) is 29.2. The maximum Gasteiger partial charge on any atom is 0.279 e. The number of aliphatic hydroxyl groups excluding tert-OH is 1. The lowest BCUT2D eigenvalue weighted by molar-refractivity contribution is 0.213. The van der Waals surface area contributed by atoms with Crippen LogP contribution < -0.4 is 4.72 Å². The average molecular weight is 264 g/mol. The Morgan fingerprint density at radius 1 is 1.35 bits per heavy atom. The predicted octanol–water partition coefficient (Wildman–Crippen LogP) is 0.570. The van der Waals surface area contributed by atoms with Gasteiger partial charge in [0, 0.05) is 19.1 Å². The lowest BCUT2D eigenvalue weighted by Gasteiger charge is -2.34. The Hall–Kier alpha value is -0.170. The van der Waals surface area contributed by atoms with Crippen LogP contribution in [0.2, 0.25) is 0 Å². The Bertz CT molecular complexity index is 318. The average Bonchev–Trinajstić information content (AvgIpc) is 2.24. The van der Waals surface area contributed by atoms with Gasteiger partial charge in [0.05, 0.1) is 6.61 Å². The van der Waals surface area contributed by atoms with Gasteiger partial charge in [-0.15, -0.1) is 0 Å². The quantitative estimate of drug-likeness (QED) is 0.763. The zero-order valence-electron chi connectivity index (χ0n) is 10.9. The molecule has 0 aromatic carbocycles. The van der Waals surface area contributed by atoms with E-state index in [0.29, 0.717) is 31.3 Å². The molecule has 1 aliphatic heterocycles. The highest BCUT2D eigenvalue weighted by molar-refractivity contribution is 7.87. The molecule has 0 aromatic rings. The maximum absolute atomic E-state index is 12.1. The van der Waals surface area contributed by atoms with Gasteiger partial charge >= 0.3 is 0 Å². The van der Waals surface area contributed by atoms with Crippen LogP contribution in [0.25, 0.3) is 0 Å². The van der Waals surface area contributed by atoms with E-state index in [0.717, 1.165) is 6.42 Å². The van der Waals surface area contributed by atoms with Crippen LogP contribution in [0.1, 0.15) is 33.6 Å². The summed E-state index contributed by atoms with van der Waals surface area (Å²) >= 11 is 0. The van der Waals surface area contributed by atoms with Crippen molar-refractivity contribution in [2.45, 2.75) is 39.7 Å². The van der Waals surface area contributed by atoms with Crippen molar-refractivity contribution in [3.8, 4) is 0 Å². The summed E-state index contributed by atoms with van der Waals surface area (Å²) in [5.41, 5.74) is 0. The van der Waals surface area contributed by atoms with Gasteiger partial charge in [0.2, 0.25) is 0 Å². The van der Waals surface area contributed by atoms with Crippen molar-refractivity contribution >= 4 is 10.2 Å². The second kappa shape index (κ2) is 6.13. The Balaban J connectivity index is 2.69. The van der Waals surface area contributed by atoms with Crippen molar-refractivity contribution in [3.05, 3.63) is 0 Å². The molecule has 0 bridgehead atoms. The SMILES string of the molecule is CC[C@@H](CO)NS(=O)(=O)N1CC(C)CC(C)C1. The smallest absolute Gasteiger partial charge is 0.279 e. The Morgan fingerprint density at radius 3 is 2.29 bits per heavy atom. The molecule has 0 saturated carbocycles. The minimum Gasteiger partial charge on any atom is -0.395 e. The fourth-order valence-electron chi connectivity index (χ4n) is 2.34. The standard InChI is InChI=1S/C11H24N2O3S/c1-4-11(8-14)12-17(15,16)13-6-9(2)5-10(3)7-13/h9-12,14H,4-8H2,1-3H3/t9?,10?,11-/m0/s1. The molecule has 0 radical (unpaired) electrons. The summed E-state index contributed by atoms with van der Waals surface area (Å²) < 4.78 is 28.3. The van der Waals surface area contributed by atoms with Crippen molar-refractivity contribution in [1.82, 2.24) is 9.03 Å². The molecule has 2 unspecified atom stereocenters. The zero-order valence-corrected chi connectivity index (χ0v) is 11.7. The summed E-state index contributed by atoms with van der Waals surface area (Å²) in [7, 11) is -3.45. The molecule has 2 N–H and O–H groups in total. The summed E-state index contributed by atoms with van der Waals surface area (Å²) in [4.78, 5) is 0. The minimum absolute atomic E-state index is 0.158. The molecule has 102 valence electrons. The predicted molar refractivity (Wildman–Crippen MR) is 67.7 cm³/mol. The molecule has 1 heterocycles. The monoisotopic (exact) mass is 264 g/mol. The van der Waals surface area contributed by atoms with E-state index in [1.54, 1.807) is 0 Å². The van der Waals surface area contributed by atoms with Crippen molar-refractivity contribution in [1.29, 1.82) is 0 Å². The largest absolute Gasteiger partial charge is 0.395 e. The number of nitrogens with zero attached hydrogens (tertiary/aromatic N) is 1. The van der Waals surface area contributed by atoms with Gasteiger partial charge in [-0.2, -0.15) is 17.4 Å². The first-order chi connectivity index (χ1) is 7.89. The molecule has 3 atom stereocenters. The van der Waals surface area contributed by atoms with Crippen molar-refractivity contribution in [2.75, 3.05) is 19.7 Å². The van der Waals surface area contributed by atoms with Crippen LogP contribution in [0.3, 0.4) is 0 Å². The van der Waals surface area contributed by atoms with E-state index in [1.807, 2.05) is 6.92 Å². The molecular weight excluding hydrogens is 240 g/mol. The second-order valence-corrected chi connectivity index (χ2v) is 6.88. The molecule has 1 aliphatic rings. The highest BCUT2D eigenvalue weighted by Gasteiger charge is 2.31. The summed E-state index contributed by atoms with van der Waals surface area (Å²) in [5, 5.41) is 9.05. The molecule has 1 fully saturated rings. The molecular formula is C11H24N2O3S. The first-order valence-corrected chi connectivity index (χ1v) is 7.71. The second-order valence-electron chi connectivity index (χ2n) is 5.17. The third kappa shape index (κ3) is 4.21. The maximum atomic E-state index is 12.1. The fourth-order valence-corrected chi connectivity index (χ4v) is 4.05.